The highest BCUT2D eigenvalue weighted by molar-refractivity contribution is 8.15. The number of nitrogens with two attached hydrogens (primary N) is 1. The standard InChI is InChI=1S/C24H25N5O4S/c25-20(30)13-15-3-7-18(8-4-15)27-22(32)16-5-9-17(10-6-16)26-21(31)14-19-23(33)28-24(34-19)29-11-1-2-12-29/h3-10,19H,1-2,11-14H2,(H2,25,30)(H,26,31)(H,27,32). The van der Waals surface area contributed by atoms with Crippen molar-refractivity contribution in [1.82, 2.24) is 4.90 Å². The van der Waals surface area contributed by atoms with Crippen LogP contribution in [0.1, 0.15) is 35.2 Å². The SMILES string of the molecule is NC(=O)Cc1ccc(NC(=O)c2ccc(NC(=O)CC3SC(N4CCCC4)=NC3=O)cc2)cc1. The third kappa shape index (κ3) is 6.02. The van der Waals surface area contributed by atoms with E-state index < -0.39 is 11.2 Å². The maximum Gasteiger partial charge on any atom is 0.262 e. The van der Waals surface area contributed by atoms with Crippen LogP contribution in [0.15, 0.2) is 53.5 Å². The molecule has 1 atom stereocenters. The molecule has 0 aromatic heterocycles. The lowest BCUT2D eigenvalue weighted by Crippen LogP contribution is -2.25. The topological polar surface area (TPSA) is 134 Å². The predicted molar refractivity (Wildman–Crippen MR) is 132 cm³/mol. The average molecular weight is 480 g/mol. The van der Waals surface area contributed by atoms with E-state index in [1.54, 1.807) is 48.5 Å². The van der Waals surface area contributed by atoms with Gasteiger partial charge in [-0.3, -0.25) is 19.2 Å². The molecule has 4 amide bonds. The van der Waals surface area contributed by atoms with Crippen LogP contribution in [0.2, 0.25) is 0 Å². The van der Waals surface area contributed by atoms with Crippen LogP contribution in [0.5, 0.6) is 0 Å². The Kier molecular flexibility index (Phi) is 7.27. The molecule has 34 heavy (non-hydrogen) atoms. The normalized spacial score (nSPS) is 17.4. The molecule has 2 aliphatic rings. The van der Waals surface area contributed by atoms with Gasteiger partial charge >= 0.3 is 0 Å². The van der Waals surface area contributed by atoms with Crippen LogP contribution in [-0.4, -0.2) is 52.0 Å². The minimum absolute atomic E-state index is 0.0400. The van der Waals surface area contributed by atoms with Crippen LogP contribution in [0.25, 0.3) is 0 Å². The molecule has 0 aliphatic carbocycles. The lowest BCUT2D eigenvalue weighted by molar-refractivity contribution is -0.121. The molecule has 4 rings (SSSR count). The molecule has 1 fully saturated rings. The van der Waals surface area contributed by atoms with Crippen molar-refractivity contribution in [3.05, 3.63) is 59.7 Å². The van der Waals surface area contributed by atoms with Gasteiger partial charge in [0.25, 0.3) is 11.8 Å². The zero-order valence-corrected chi connectivity index (χ0v) is 19.3. The molecule has 176 valence electrons. The van der Waals surface area contributed by atoms with Crippen molar-refractivity contribution in [3.8, 4) is 0 Å². The maximum absolute atomic E-state index is 12.5. The third-order valence-corrected chi connectivity index (χ3v) is 6.71. The fraction of sp³-hybridized carbons (Fsp3) is 0.292. The highest BCUT2D eigenvalue weighted by atomic mass is 32.2. The van der Waals surface area contributed by atoms with Crippen molar-refractivity contribution in [2.24, 2.45) is 10.7 Å². The number of aliphatic imine (C=N–C) groups is 1. The van der Waals surface area contributed by atoms with E-state index in [-0.39, 0.29) is 30.6 Å². The number of nitrogens with zero attached hydrogens (tertiary/aromatic N) is 2. The first-order valence-corrected chi connectivity index (χ1v) is 11.9. The van der Waals surface area contributed by atoms with Gasteiger partial charge in [-0.05, 0) is 54.8 Å². The van der Waals surface area contributed by atoms with E-state index in [0.29, 0.717) is 16.9 Å². The number of carbonyl (C=O) groups excluding carboxylic acids is 4. The minimum atomic E-state index is -0.505. The Bertz CT molecular complexity index is 1130. The molecule has 10 heteroatoms. The molecule has 1 unspecified atom stereocenters. The summed E-state index contributed by atoms with van der Waals surface area (Å²) in [5, 5.41) is 5.77. The highest BCUT2D eigenvalue weighted by Crippen LogP contribution is 2.29. The molecular formula is C24H25N5O4S. The van der Waals surface area contributed by atoms with Gasteiger partial charge in [0.1, 0.15) is 5.25 Å². The minimum Gasteiger partial charge on any atom is -0.369 e. The molecule has 0 spiro atoms. The molecule has 2 aromatic rings. The van der Waals surface area contributed by atoms with Crippen LogP contribution in [0.4, 0.5) is 11.4 Å². The molecule has 9 nitrogen and oxygen atoms in total. The van der Waals surface area contributed by atoms with Gasteiger partial charge in [0.05, 0.1) is 6.42 Å². The Morgan fingerprint density at radius 1 is 0.971 bits per heavy atom. The van der Waals surface area contributed by atoms with Crippen molar-refractivity contribution in [3.63, 3.8) is 0 Å². The lowest BCUT2D eigenvalue weighted by atomic mass is 10.1. The second kappa shape index (κ2) is 10.5. The van der Waals surface area contributed by atoms with Crippen molar-refractivity contribution in [2.75, 3.05) is 23.7 Å². The zero-order chi connectivity index (χ0) is 24.1. The number of nitrogens with one attached hydrogen (secondary N) is 2. The van der Waals surface area contributed by atoms with Gasteiger partial charge in [0, 0.05) is 36.4 Å². The summed E-state index contributed by atoms with van der Waals surface area (Å²) in [6.45, 7) is 1.80. The van der Waals surface area contributed by atoms with Crippen LogP contribution >= 0.6 is 11.8 Å². The van der Waals surface area contributed by atoms with Gasteiger partial charge in [-0.25, -0.2) is 0 Å². The molecule has 1 saturated heterocycles. The van der Waals surface area contributed by atoms with Gasteiger partial charge in [-0.1, -0.05) is 23.9 Å². The largest absolute Gasteiger partial charge is 0.369 e. The van der Waals surface area contributed by atoms with E-state index in [4.69, 9.17) is 5.73 Å². The maximum atomic E-state index is 12.5. The number of amides is 4. The molecule has 0 bridgehead atoms. The number of thioether (sulfide) groups is 1. The summed E-state index contributed by atoms with van der Waals surface area (Å²) in [4.78, 5) is 54.3. The number of primary amides is 1. The number of carbonyl (C=O) groups is 4. The quantitative estimate of drug-likeness (QED) is 0.558. The zero-order valence-electron chi connectivity index (χ0n) is 18.5. The summed E-state index contributed by atoms with van der Waals surface area (Å²) in [5.41, 5.74) is 7.49. The highest BCUT2D eigenvalue weighted by Gasteiger charge is 2.33. The Labute approximate surface area is 201 Å². The fourth-order valence-electron chi connectivity index (χ4n) is 3.75. The summed E-state index contributed by atoms with van der Waals surface area (Å²) >= 11 is 1.36. The number of hydrogen-bond donors (Lipinski definition) is 3. The van der Waals surface area contributed by atoms with Gasteiger partial charge < -0.3 is 21.3 Å². The Hall–Kier alpha value is -3.66. The molecule has 4 N–H and O–H groups in total. The first-order valence-electron chi connectivity index (χ1n) is 11.0. The van der Waals surface area contributed by atoms with Gasteiger partial charge in [0.2, 0.25) is 11.8 Å². The second-order valence-electron chi connectivity index (χ2n) is 8.16. The van der Waals surface area contributed by atoms with E-state index in [0.717, 1.165) is 36.7 Å². The van der Waals surface area contributed by atoms with Gasteiger partial charge in [-0.15, -0.1) is 0 Å². The lowest BCUT2D eigenvalue weighted by Gasteiger charge is -2.16. The van der Waals surface area contributed by atoms with Crippen LogP contribution in [-0.2, 0) is 20.8 Å². The smallest absolute Gasteiger partial charge is 0.262 e. The molecular weight excluding hydrogens is 454 g/mol. The van der Waals surface area contributed by atoms with E-state index in [1.807, 2.05) is 0 Å². The summed E-state index contributed by atoms with van der Waals surface area (Å²) in [6.07, 6.45) is 2.37. The van der Waals surface area contributed by atoms with Crippen LogP contribution in [0.3, 0.4) is 0 Å². The molecule has 0 radical (unpaired) electrons. The van der Waals surface area contributed by atoms with E-state index in [1.165, 1.54) is 11.8 Å². The number of benzene rings is 2. The second-order valence-corrected chi connectivity index (χ2v) is 9.33. The summed E-state index contributed by atoms with van der Waals surface area (Å²) < 4.78 is 0. The monoisotopic (exact) mass is 479 g/mol. The first-order chi connectivity index (χ1) is 16.4. The van der Waals surface area contributed by atoms with Crippen LogP contribution in [0, 0.1) is 0 Å². The van der Waals surface area contributed by atoms with E-state index in [2.05, 4.69) is 20.5 Å². The third-order valence-electron chi connectivity index (χ3n) is 5.50. The Morgan fingerprint density at radius 3 is 2.24 bits per heavy atom. The summed E-state index contributed by atoms with van der Waals surface area (Å²) in [6, 6.07) is 13.3. The molecule has 2 heterocycles. The van der Waals surface area contributed by atoms with Crippen molar-refractivity contribution < 1.29 is 19.2 Å². The number of rotatable bonds is 7. The number of hydrogen-bond acceptors (Lipinski definition) is 6. The van der Waals surface area contributed by atoms with Gasteiger partial charge in [-0.2, -0.15) is 4.99 Å². The van der Waals surface area contributed by atoms with Crippen LogP contribution < -0.4 is 16.4 Å². The Balaban J connectivity index is 1.27. The Morgan fingerprint density at radius 2 is 1.59 bits per heavy atom. The van der Waals surface area contributed by atoms with E-state index in [9.17, 15) is 19.2 Å². The van der Waals surface area contributed by atoms with Crippen molar-refractivity contribution in [1.29, 1.82) is 0 Å². The fourth-order valence-corrected chi connectivity index (χ4v) is 4.87. The van der Waals surface area contributed by atoms with E-state index >= 15 is 0 Å². The first kappa shape index (κ1) is 23.5. The average Bonchev–Trinajstić information content (AvgIpc) is 3.45. The summed E-state index contributed by atoms with van der Waals surface area (Å²) in [5.74, 6) is -1.27. The predicted octanol–water partition coefficient (Wildman–Crippen LogP) is 2.39. The number of likely N-dealkylation sites (tertiary alicyclic amines) is 1. The molecule has 2 aliphatic heterocycles. The van der Waals surface area contributed by atoms with Crippen molar-refractivity contribution in [2.45, 2.75) is 30.9 Å². The molecule has 2 aromatic carbocycles. The van der Waals surface area contributed by atoms with Crippen molar-refractivity contribution >= 4 is 51.9 Å². The molecule has 0 saturated carbocycles. The summed E-state index contributed by atoms with van der Waals surface area (Å²) in [7, 11) is 0. The number of amidine groups is 1. The number of anilines is 2. The van der Waals surface area contributed by atoms with Gasteiger partial charge in [0.15, 0.2) is 5.17 Å².